The van der Waals surface area contributed by atoms with Gasteiger partial charge in [0, 0.05) is 24.3 Å². The van der Waals surface area contributed by atoms with Gasteiger partial charge in [0.05, 0.1) is 11.6 Å². The van der Waals surface area contributed by atoms with Crippen LogP contribution in [0.5, 0.6) is 0 Å². The third-order valence-electron chi connectivity index (χ3n) is 3.11. The minimum absolute atomic E-state index is 0.0227. The van der Waals surface area contributed by atoms with Crippen molar-refractivity contribution in [1.29, 1.82) is 5.26 Å². The fourth-order valence-electron chi connectivity index (χ4n) is 1.91. The van der Waals surface area contributed by atoms with Gasteiger partial charge in [0.25, 0.3) is 0 Å². The summed E-state index contributed by atoms with van der Waals surface area (Å²) < 4.78 is 0. The van der Waals surface area contributed by atoms with Gasteiger partial charge in [0.2, 0.25) is 5.91 Å². The predicted octanol–water partition coefficient (Wildman–Crippen LogP) is 3.31. The molecule has 0 saturated carbocycles. The van der Waals surface area contributed by atoms with E-state index in [1.165, 1.54) is 0 Å². The number of aryl methyl sites for hydroxylation is 1. The Morgan fingerprint density at radius 2 is 1.86 bits per heavy atom. The van der Waals surface area contributed by atoms with Gasteiger partial charge in [-0.15, -0.1) is 0 Å². The third kappa shape index (κ3) is 4.36. The maximum absolute atomic E-state index is 11.9. The molecule has 0 aliphatic heterocycles. The number of amides is 1. The van der Waals surface area contributed by atoms with Gasteiger partial charge in [-0.2, -0.15) is 5.26 Å². The molecule has 0 heterocycles. The lowest BCUT2D eigenvalue weighted by Gasteiger charge is -2.09. The average molecular weight is 279 g/mol. The van der Waals surface area contributed by atoms with Gasteiger partial charge in [0.15, 0.2) is 0 Å². The fraction of sp³-hybridized carbons (Fsp3) is 0.176. The smallest absolute Gasteiger partial charge is 0.226 e. The molecule has 0 fully saturated rings. The molecule has 0 radical (unpaired) electrons. The molecule has 106 valence electrons. The van der Waals surface area contributed by atoms with Crippen LogP contribution in [0, 0.1) is 18.3 Å². The van der Waals surface area contributed by atoms with Crippen LogP contribution < -0.4 is 10.6 Å². The number of nitriles is 1. The largest absolute Gasteiger partial charge is 0.385 e. The first-order valence-electron chi connectivity index (χ1n) is 6.78. The number of hydrogen-bond acceptors (Lipinski definition) is 3. The first-order valence-corrected chi connectivity index (χ1v) is 6.78. The van der Waals surface area contributed by atoms with Crippen LogP contribution >= 0.6 is 0 Å². The molecule has 0 atom stereocenters. The second kappa shape index (κ2) is 7.11. The van der Waals surface area contributed by atoms with E-state index in [9.17, 15) is 4.79 Å². The number of carbonyl (C=O) groups excluding carboxylic acids is 1. The highest BCUT2D eigenvalue weighted by atomic mass is 16.1. The zero-order valence-corrected chi connectivity index (χ0v) is 11.9. The minimum Gasteiger partial charge on any atom is -0.385 e. The maximum Gasteiger partial charge on any atom is 0.226 e. The van der Waals surface area contributed by atoms with E-state index >= 15 is 0 Å². The van der Waals surface area contributed by atoms with Crippen molar-refractivity contribution in [1.82, 2.24) is 0 Å². The lowest BCUT2D eigenvalue weighted by molar-refractivity contribution is -0.115. The number of para-hydroxylation sites is 1. The number of hydrogen-bond donors (Lipinski definition) is 2. The van der Waals surface area contributed by atoms with Crippen molar-refractivity contribution in [2.75, 3.05) is 17.2 Å². The molecule has 2 aromatic rings. The molecule has 0 aliphatic carbocycles. The molecule has 4 heteroatoms. The normalized spacial score (nSPS) is 9.71. The van der Waals surface area contributed by atoms with Crippen LogP contribution in [0.3, 0.4) is 0 Å². The fourth-order valence-corrected chi connectivity index (χ4v) is 1.91. The van der Waals surface area contributed by atoms with Crippen molar-refractivity contribution < 1.29 is 4.79 Å². The van der Waals surface area contributed by atoms with Gasteiger partial charge in [-0.25, -0.2) is 0 Å². The SMILES string of the molecule is Cc1ccccc1NC(=O)CCNc1ccc(C#N)cc1. The van der Waals surface area contributed by atoms with E-state index in [1.54, 1.807) is 12.1 Å². The quantitative estimate of drug-likeness (QED) is 0.882. The van der Waals surface area contributed by atoms with Crippen molar-refractivity contribution in [3.05, 3.63) is 59.7 Å². The number of carbonyl (C=O) groups is 1. The average Bonchev–Trinajstić information content (AvgIpc) is 2.50. The van der Waals surface area contributed by atoms with Crippen molar-refractivity contribution in [2.45, 2.75) is 13.3 Å². The zero-order valence-electron chi connectivity index (χ0n) is 11.9. The molecular formula is C17H17N3O. The molecule has 2 N–H and O–H groups in total. The maximum atomic E-state index is 11.9. The summed E-state index contributed by atoms with van der Waals surface area (Å²) in [6.07, 6.45) is 0.383. The Hall–Kier alpha value is -2.80. The standard InChI is InChI=1S/C17H17N3O/c1-13-4-2-3-5-16(13)20-17(21)10-11-19-15-8-6-14(12-18)7-9-15/h2-9,19H,10-11H2,1H3,(H,20,21). The molecule has 0 bridgehead atoms. The summed E-state index contributed by atoms with van der Waals surface area (Å²) in [6, 6.07) is 16.9. The molecule has 0 spiro atoms. The Balaban J connectivity index is 1.79. The topological polar surface area (TPSA) is 64.9 Å². The molecule has 1 amide bonds. The van der Waals surface area contributed by atoms with Gasteiger partial charge >= 0.3 is 0 Å². The molecule has 0 unspecified atom stereocenters. The van der Waals surface area contributed by atoms with Crippen LogP contribution in [0.2, 0.25) is 0 Å². The Kier molecular flexibility index (Phi) is 4.94. The lowest BCUT2D eigenvalue weighted by Crippen LogP contribution is -2.16. The number of anilines is 2. The van der Waals surface area contributed by atoms with Crippen molar-refractivity contribution in [3.63, 3.8) is 0 Å². The summed E-state index contributed by atoms with van der Waals surface area (Å²) in [5.41, 5.74) is 3.42. The highest BCUT2D eigenvalue weighted by Crippen LogP contribution is 2.13. The van der Waals surface area contributed by atoms with Crippen molar-refractivity contribution in [3.8, 4) is 6.07 Å². The molecule has 0 saturated heterocycles. The Morgan fingerprint density at radius 3 is 2.52 bits per heavy atom. The number of nitrogens with zero attached hydrogens (tertiary/aromatic N) is 1. The molecule has 0 aromatic heterocycles. The van der Waals surface area contributed by atoms with E-state index in [4.69, 9.17) is 5.26 Å². The predicted molar refractivity (Wildman–Crippen MR) is 84.1 cm³/mol. The number of benzene rings is 2. The highest BCUT2D eigenvalue weighted by molar-refractivity contribution is 5.91. The van der Waals surface area contributed by atoms with E-state index in [0.29, 0.717) is 18.5 Å². The van der Waals surface area contributed by atoms with Crippen LogP contribution in [0.15, 0.2) is 48.5 Å². The summed E-state index contributed by atoms with van der Waals surface area (Å²) in [4.78, 5) is 11.9. The number of rotatable bonds is 5. The second-order valence-electron chi connectivity index (χ2n) is 4.73. The van der Waals surface area contributed by atoms with E-state index in [2.05, 4.69) is 16.7 Å². The lowest BCUT2D eigenvalue weighted by atomic mass is 10.2. The van der Waals surface area contributed by atoms with E-state index in [0.717, 1.165) is 16.9 Å². The van der Waals surface area contributed by atoms with Gasteiger partial charge in [-0.05, 0) is 42.8 Å². The Morgan fingerprint density at radius 1 is 1.14 bits per heavy atom. The van der Waals surface area contributed by atoms with Crippen molar-refractivity contribution in [2.24, 2.45) is 0 Å². The summed E-state index contributed by atoms with van der Waals surface area (Å²) in [5, 5.41) is 14.8. The molecule has 0 aliphatic rings. The van der Waals surface area contributed by atoms with Gasteiger partial charge in [-0.1, -0.05) is 18.2 Å². The Bertz CT molecular complexity index is 656. The monoisotopic (exact) mass is 279 g/mol. The van der Waals surface area contributed by atoms with Crippen LogP contribution in [-0.2, 0) is 4.79 Å². The zero-order chi connectivity index (χ0) is 15.1. The van der Waals surface area contributed by atoms with E-state index in [1.807, 2.05) is 43.3 Å². The van der Waals surface area contributed by atoms with Crippen LogP contribution in [-0.4, -0.2) is 12.5 Å². The first kappa shape index (κ1) is 14.6. The van der Waals surface area contributed by atoms with Gasteiger partial charge in [0.1, 0.15) is 0 Å². The highest BCUT2D eigenvalue weighted by Gasteiger charge is 2.03. The van der Waals surface area contributed by atoms with Crippen LogP contribution in [0.4, 0.5) is 11.4 Å². The molecule has 2 aromatic carbocycles. The summed E-state index contributed by atoms with van der Waals surface area (Å²) in [7, 11) is 0. The van der Waals surface area contributed by atoms with Crippen LogP contribution in [0.25, 0.3) is 0 Å². The van der Waals surface area contributed by atoms with Gasteiger partial charge in [-0.3, -0.25) is 4.79 Å². The third-order valence-corrected chi connectivity index (χ3v) is 3.11. The van der Waals surface area contributed by atoms with Crippen LogP contribution in [0.1, 0.15) is 17.5 Å². The van der Waals surface area contributed by atoms with E-state index in [-0.39, 0.29) is 5.91 Å². The summed E-state index contributed by atoms with van der Waals surface area (Å²) >= 11 is 0. The molecular weight excluding hydrogens is 262 g/mol. The Labute approximate surface area is 124 Å². The molecule has 2 rings (SSSR count). The summed E-state index contributed by atoms with van der Waals surface area (Å²) in [5.74, 6) is -0.0227. The molecule has 4 nitrogen and oxygen atoms in total. The second-order valence-corrected chi connectivity index (χ2v) is 4.73. The first-order chi connectivity index (χ1) is 10.2. The summed E-state index contributed by atoms with van der Waals surface area (Å²) in [6.45, 7) is 2.51. The van der Waals surface area contributed by atoms with Crippen molar-refractivity contribution >= 4 is 17.3 Å². The van der Waals surface area contributed by atoms with E-state index < -0.39 is 0 Å². The molecule has 21 heavy (non-hydrogen) atoms. The van der Waals surface area contributed by atoms with Gasteiger partial charge < -0.3 is 10.6 Å². The minimum atomic E-state index is -0.0227. The number of nitrogens with one attached hydrogen (secondary N) is 2.